The first-order chi connectivity index (χ1) is 22.4. The van der Waals surface area contributed by atoms with Crippen LogP contribution in [0.3, 0.4) is 0 Å². The minimum absolute atomic E-state index is 0.00794. The lowest BCUT2D eigenvalue weighted by Gasteiger charge is -2.31. The van der Waals surface area contributed by atoms with Crippen LogP contribution in [0.1, 0.15) is 52.6 Å². The molecule has 4 bridgehead atoms. The number of methoxy groups -OCH3 is 1. The molecule has 2 aromatic carbocycles. The molecule has 0 unspecified atom stereocenters. The summed E-state index contributed by atoms with van der Waals surface area (Å²) in [5.74, 6) is -0.152. The number of hydrogen-bond acceptors (Lipinski definition) is 9. The maximum Gasteiger partial charge on any atom is 0.264 e. The molecule has 0 saturated carbocycles. The second-order valence-corrected chi connectivity index (χ2v) is 13.7. The van der Waals surface area contributed by atoms with Crippen LogP contribution in [0, 0.1) is 13.8 Å². The molecule has 5 aromatic rings. The molecule has 1 amide bonds. The van der Waals surface area contributed by atoms with E-state index < -0.39 is 22.0 Å². The van der Waals surface area contributed by atoms with Gasteiger partial charge < -0.3 is 18.9 Å². The Morgan fingerprint density at radius 1 is 1.04 bits per heavy atom. The number of nitrogens with one attached hydrogen (secondary N) is 1. The third-order valence-corrected chi connectivity index (χ3v) is 9.61. The molecule has 1 aliphatic rings. The molecule has 4 heterocycles. The van der Waals surface area contributed by atoms with Crippen LogP contribution >= 0.6 is 0 Å². The average molecular weight is 656 g/mol. The van der Waals surface area contributed by atoms with Crippen LogP contribution in [0.2, 0.25) is 0 Å². The van der Waals surface area contributed by atoms with Gasteiger partial charge in [0.25, 0.3) is 15.9 Å². The van der Waals surface area contributed by atoms with E-state index in [4.69, 9.17) is 14.5 Å². The van der Waals surface area contributed by atoms with Crippen molar-refractivity contribution in [1.82, 2.24) is 29.4 Å². The fourth-order valence-corrected chi connectivity index (χ4v) is 6.93. The maximum absolute atomic E-state index is 14.3. The minimum Gasteiger partial charge on any atom is -0.475 e. The third kappa shape index (κ3) is 6.41. The quantitative estimate of drug-likeness (QED) is 0.267. The number of aryl methyl sites for hydroxylation is 3. The Morgan fingerprint density at radius 2 is 1.79 bits per heavy atom. The summed E-state index contributed by atoms with van der Waals surface area (Å²) in [4.78, 5) is 34.2. The van der Waals surface area contributed by atoms with Gasteiger partial charge in [0.2, 0.25) is 11.8 Å². The van der Waals surface area contributed by atoms with Crippen LogP contribution in [-0.4, -0.2) is 70.1 Å². The molecule has 244 valence electrons. The number of fused-ring (bicyclic) bond motifs is 5. The molecule has 0 radical (unpaired) electrons. The van der Waals surface area contributed by atoms with Gasteiger partial charge in [0, 0.05) is 37.0 Å². The van der Waals surface area contributed by atoms with Gasteiger partial charge in [-0.25, -0.2) is 23.1 Å². The fraction of sp³-hybridized carbons (Fsp3) is 0.324. The lowest BCUT2D eigenvalue weighted by molar-refractivity contribution is 0.0374. The predicted octanol–water partition coefficient (Wildman–Crippen LogP) is 5.02. The Balaban J connectivity index is 1.47. The van der Waals surface area contributed by atoms with Crippen molar-refractivity contribution >= 4 is 33.0 Å². The summed E-state index contributed by atoms with van der Waals surface area (Å²) in [5.41, 5.74) is 6.54. The van der Waals surface area contributed by atoms with Crippen molar-refractivity contribution in [2.24, 2.45) is 7.05 Å². The summed E-state index contributed by atoms with van der Waals surface area (Å²) in [6.07, 6.45) is 1.66. The second kappa shape index (κ2) is 12.7. The van der Waals surface area contributed by atoms with Gasteiger partial charge in [-0.2, -0.15) is 4.98 Å². The summed E-state index contributed by atoms with van der Waals surface area (Å²) >= 11 is 0. The van der Waals surface area contributed by atoms with Crippen molar-refractivity contribution in [3.8, 4) is 17.1 Å². The molecular formula is C34H37N7O5S. The van der Waals surface area contributed by atoms with E-state index in [2.05, 4.69) is 33.5 Å². The topological polar surface area (TPSA) is 141 Å². The lowest BCUT2D eigenvalue weighted by Crippen LogP contribution is -2.46. The van der Waals surface area contributed by atoms with Gasteiger partial charge in [-0.1, -0.05) is 38.1 Å². The second-order valence-electron chi connectivity index (χ2n) is 12.0. The van der Waals surface area contributed by atoms with Crippen LogP contribution in [0.15, 0.2) is 65.7 Å². The van der Waals surface area contributed by atoms with E-state index in [-0.39, 0.29) is 48.0 Å². The average Bonchev–Trinajstić information content (AvgIpc) is 3.37. The molecule has 1 N–H and O–H groups in total. The van der Waals surface area contributed by atoms with Crippen LogP contribution in [-0.2, 0) is 28.4 Å². The molecule has 0 fully saturated rings. The zero-order chi connectivity index (χ0) is 33.5. The van der Waals surface area contributed by atoms with Crippen LogP contribution < -0.4 is 9.46 Å². The first kappa shape index (κ1) is 32.1. The molecule has 1 aliphatic heterocycles. The first-order valence-electron chi connectivity index (χ1n) is 15.3. The van der Waals surface area contributed by atoms with Gasteiger partial charge >= 0.3 is 0 Å². The van der Waals surface area contributed by atoms with Crippen molar-refractivity contribution in [3.05, 3.63) is 88.9 Å². The molecule has 0 aliphatic carbocycles. The van der Waals surface area contributed by atoms with E-state index in [0.29, 0.717) is 17.0 Å². The van der Waals surface area contributed by atoms with Crippen molar-refractivity contribution in [2.75, 3.05) is 25.0 Å². The van der Waals surface area contributed by atoms with Crippen LogP contribution in [0.25, 0.3) is 22.4 Å². The molecule has 3 aromatic heterocycles. The number of ether oxygens (including phenoxy) is 2. The molecule has 12 nitrogen and oxygen atoms in total. The number of benzene rings is 2. The molecule has 1 atom stereocenters. The molecule has 47 heavy (non-hydrogen) atoms. The number of hydrogen-bond donors (Lipinski definition) is 1. The summed E-state index contributed by atoms with van der Waals surface area (Å²) in [5, 5.41) is 0. The molecule has 13 heteroatoms. The minimum atomic E-state index is -4.19. The van der Waals surface area contributed by atoms with Crippen LogP contribution in [0.5, 0.6) is 5.88 Å². The number of nitrogens with zero attached hydrogens (tertiary/aromatic N) is 6. The number of sulfonamides is 1. The molecule has 0 saturated heterocycles. The summed E-state index contributed by atoms with van der Waals surface area (Å²) in [6.45, 7) is 8.32. The number of amides is 1. The Kier molecular flexibility index (Phi) is 8.68. The fourth-order valence-electron chi connectivity index (χ4n) is 5.94. The van der Waals surface area contributed by atoms with Crippen molar-refractivity contribution in [1.29, 1.82) is 0 Å². The molecule has 0 spiro atoms. The van der Waals surface area contributed by atoms with Crippen LogP contribution in [0.4, 0.5) is 5.95 Å². The van der Waals surface area contributed by atoms with E-state index in [1.165, 1.54) is 18.2 Å². The van der Waals surface area contributed by atoms with Gasteiger partial charge in [0.1, 0.15) is 12.1 Å². The van der Waals surface area contributed by atoms with Gasteiger partial charge in [0.15, 0.2) is 5.65 Å². The summed E-state index contributed by atoms with van der Waals surface area (Å²) in [7, 11) is -0.690. The van der Waals surface area contributed by atoms with Crippen molar-refractivity contribution < 1.29 is 22.7 Å². The number of anilines is 1. The van der Waals surface area contributed by atoms with E-state index in [1.54, 1.807) is 30.3 Å². The predicted molar refractivity (Wildman–Crippen MR) is 178 cm³/mol. The van der Waals surface area contributed by atoms with E-state index in [1.807, 2.05) is 49.7 Å². The highest BCUT2D eigenvalue weighted by molar-refractivity contribution is 7.92. The highest BCUT2D eigenvalue weighted by atomic mass is 32.2. The van der Waals surface area contributed by atoms with Gasteiger partial charge in [-0.3, -0.25) is 9.78 Å². The Morgan fingerprint density at radius 3 is 2.51 bits per heavy atom. The highest BCUT2D eigenvalue weighted by Gasteiger charge is 2.29. The Bertz CT molecular complexity index is 2070. The largest absolute Gasteiger partial charge is 0.475 e. The summed E-state index contributed by atoms with van der Waals surface area (Å²) < 4.78 is 43.5. The zero-order valence-corrected chi connectivity index (χ0v) is 28.0. The van der Waals surface area contributed by atoms with Crippen molar-refractivity contribution in [2.45, 2.75) is 51.1 Å². The maximum atomic E-state index is 14.3. The first-order valence-corrected chi connectivity index (χ1v) is 16.8. The van der Waals surface area contributed by atoms with Gasteiger partial charge in [0.05, 0.1) is 41.7 Å². The van der Waals surface area contributed by atoms with Gasteiger partial charge in [-0.15, -0.1) is 0 Å². The lowest BCUT2D eigenvalue weighted by atomic mass is 10.00. The zero-order valence-electron chi connectivity index (χ0n) is 27.2. The number of carbonyl (C=O) groups excluding carboxylic acids is 1. The van der Waals surface area contributed by atoms with Crippen molar-refractivity contribution in [3.63, 3.8) is 0 Å². The SMILES string of the molecule is COC[C@@H]1COc2cc(-c3c(C)cccc3C)nc(n2)NS(=O)(=O)c2cccc(c2)C(=O)N1Cc1cnc2cc(C(C)C)n(C)c2n1. The molecule has 6 rings (SSSR count). The third-order valence-electron chi connectivity index (χ3n) is 8.29. The number of carbonyl (C=O) groups is 1. The van der Waals surface area contributed by atoms with E-state index in [0.717, 1.165) is 27.9 Å². The highest BCUT2D eigenvalue weighted by Crippen LogP contribution is 2.30. The smallest absolute Gasteiger partial charge is 0.264 e. The van der Waals surface area contributed by atoms with E-state index in [9.17, 15) is 13.2 Å². The number of rotatable bonds is 6. The Hall–Kier alpha value is -4.88. The normalized spacial score (nSPS) is 16.3. The molecular weight excluding hydrogens is 618 g/mol. The summed E-state index contributed by atoms with van der Waals surface area (Å²) in [6, 6.07) is 14.8. The monoisotopic (exact) mass is 655 g/mol. The van der Waals surface area contributed by atoms with Gasteiger partial charge in [-0.05, 0) is 55.2 Å². The number of aromatic nitrogens is 5. The van der Waals surface area contributed by atoms with E-state index >= 15 is 0 Å². The Labute approximate surface area is 273 Å². The standard InChI is InChI=1S/C34H37N7O5S/c1-20(2)29-14-28-32(40(29)5)36-24(16-35-28)17-41-25(18-45-6)19-46-30-15-27(31-21(3)9-7-10-22(31)4)37-34(38-30)39-47(43,44)26-12-8-11-23(13-26)33(41)42/h7-16,20,25H,17-19H2,1-6H3,(H,37,38,39)/t25-/m1/s1.